The predicted molar refractivity (Wildman–Crippen MR) is 69.2 cm³/mol. The summed E-state index contributed by atoms with van der Waals surface area (Å²) in [5.74, 6) is -0.331. The Morgan fingerprint density at radius 3 is 2.44 bits per heavy atom. The average Bonchev–Trinajstić information content (AvgIpc) is 2.35. The Hall–Kier alpha value is -2.02. The highest BCUT2D eigenvalue weighted by Gasteiger charge is 2.02. The van der Waals surface area contributed by atoms with Gasteiger partial charge in [-0.05, 0) is 17.7 Å². The second-order valence-corrected chi connectivity index (χ2v) is 3.53. The number of nitrogens with one attached hydrogen (secondary N) is 1. The van der Waals surface area contributed by atoms with Gasteiger partial charge in [0.25, 0.3) is 0 Å². The molecule has 0 saturated heterocycles. The normalized spacial score (nSPS) is 9.61. The van der Waals surface area contributed by atoms with Crippen molar-refractivity contribution in [1.29, 1.82) is 0 Å². The molecule has 7 heteroatoms. The maximum Gasteiger partial charge on any atom is 0.411 e. The van der Waals surface area contributed by atoms with Crippen molar-refractivity contribution in [1.82, 2.24) is 0 Å². The van der Waals surface area contributed by atoms with E-state index < -0.39 is 6.09 Å². The molecule has 0 fully saturated rings. The van der Waals surface area contributed by atoms with Crippen LogP contribution < -0.4 is 11.1 Å². The van der Waals surface area contributed by atoms with Crippen LogP contribution in [-0.4, -0.2) is 33.0 Å². The Labute approximate surface area is 106 Å². The van der Waals surface area contributed by atoms with E-state index in [9.17, 15) is 9.59 Å². The van der Waals surface area contributed by atoms with Crippen LogP contribution in [0.1, 0.15) is 5.56 Å². The van der Waals surface area contributed by atoms with Gasteiger partial charge in [-0.3, -0.25) is 10.1 Å². The highest BCUT2D eigenvalue weighted by Crippen LogP contribution is 2.10. The van der Waals surface area contributed by atoms with Crippen LogP contribution in [0.3, 0.4) is 0 Å². The molecule has 0 spiro atoms. The first-order valence-corrected chi connectivity index (χ1v) is 5.48. The van der Waals surface area contributed by atoms with Crippen molar-refractivity contribution in [3.8, 4) is 0 Å². The summed E-state index contributed by atoms with van der Waals surface area (Å²) >= 11 is 0. The standard InChI is InChI=1S/C11H15BN2O4/c12-10(15)18-7-8-1-3-9(4-2-8)14-11(16)17-6-5-13/h1-4H,5-7,12-13H2,(H,14,16). The van der Waals surface area contributed by atoms with Gasteiger partial charge in [-0.2, -0.15) is 0 Å². The fourth-order valence-electron chi connectivity index (χ4n) is 1.17. The van der Waals surface area contributed by atoms with E-state index in [1.54, 1.807) is 24.3 Å². The molecule has 0 unspecified atom stereocenters. The van der Waals surface area contributed by atoms with E-state index in [0.717, 1.165) is 5.56 Å². The summed E-state index contributed by atoms with van der Waals surface area (Å²) in [6.45, 7) is 0.679. The molecule has 1 aromatic carbocycles. The van der Waals surface area contributed by atoms with Crippen molar-refractivity contribution >= 4 is 25.5 Å². The molecule has 0 aliphatic heterocycles. The Morgan fingerprint density at radius 1 is 1.22 bits per heavy atom. The lowest BCUT2D eigenvalue weighted by molar-refractivity contribution is 0.165. The minimum atomic E-state index is -0.548. The van der Waals surface area contributed by atoms with Crippen LogP contribution in [0.5, 0.6) is 0 Å². The second-order valence-electron chi connectivity index (χ2n) is 3.53. The number of nitrogens with two attached hydrogens (primary N) is 1. The molecule has 96 valence electrons. The van der Waals surface area contributed by atoms with Gasteiger partial charge in [-0.15, -0.1) is 0 Å². The number of amides is 1. The third-order valence-corrected chi connectivity index (χ3v) is 1.99. The molecule has 18 heavy (non-hydrogen) atoms. The van der Waals surface area contributed by atoms with Gasteiger partial charge in [0.2, 0.25) is 13.7 Å². The number of carbonyl (C=O) groups is 2. The van der Waals surface area contributed by atoms with Crippen molar-refractivity contribution in [2.24, 2.45) is 5.73 Å². The predicted octanol–water partition coefficient (Wildman–Crippen LogP) is 0.463. The van der Waals surface area contributed by atoms with E-state index in [1.165, 1.54) is 7.85 Å². The number of anilines is 1. The Bertz CT molecular complexity index is 408. The maximum atomic E-state index is 11.2. The molecule has 0 heterocycles. The van der Waals surface area contributed by atoms with Crippen molar-refractivity contribution in [3.05, 3.63) is 29.8 Å². The molecule has 0 bridgehead atoms. The summed E-state index contributed by atoms with van der Waals surface area (Å²) in [7, 11) is 1.35. The van der Waals surface area contributed by atoms with E-state index in [0.29, 0.717) is 5.69 Å². The zero-order valence-electron chi connectivity index (χ0n) is 10.1. The average molecular weight is 250 g/mol. The van der Waals surface area contributed by atoms with Crippen molar-refractivity contribution < 1.29 is 19.1 Å². The first-order chi connectivity index (χ1) is 8.61. The van der Waals surface area contributed by atoms with Crippen molar-refractivity contribution in [2.45, 2.75) is 6.61 Å². The smallest absolute Gasteiger partial charge is 0.411 e. The number of ether oxygens (including phenoxy) is 2. The van der Waals surface area contributed by atoms with Gasteiger partial charge in [0.15, 0.2) is 0 Å². The van der Waals surface area contributed by atoms with Gasteiger partial charge in [-0.25, -0.2) is 4.79 Å². The molecule has 0 aliphatic carbocycles. The highest BCUT2D eigenvalue weighted by atomic mass is 16.5. The minimum absolute atomic E-state index is 0.177. The van der Waals surface area contributed by atoms with Crippen LogP contribution in [0.4, 0.5) is 15.3 Å². The van der Waals surface area contributed by atoms with Crippen LogP contribution in [0, 0.1) is 0 Å². The molecule has 1 aromatic rings. The third-order valence-electron chi connectivity index (χ3n) is 1.99. The molecular formula is C11H15BN2O4. The zero-order chi connectivity index (χ0) is 13.4. The zero-order valence-corrected chi connectivity index (χ0v) is 10.1. The summed E-state index contributed by atoms with van der Waals surface area (Å²) in [6.07, 6.45) is -0.548. The third kappa shape index (κ3) is 5.35. The summed E-state index contributed by atoms with van der Waals surface area (Å²) in [4.78, 5) is 21.8. The van der Waals surface area contributed by atoms with E-state index in [1.807, 2.05) is 0 Å². The Morgan fingerprint density at radius 2 is 1.89 bits per heavy atom. The van der Waals surface area contributed by atoms with Crippen LogP contribution in [0.15, 0.2) is 24.3 Å². The van der Waals surface area contributed by atoms with Gasteiger partial charge in [0.05, 0.1) is 0 Å². The van der Waals surface area contributed by atoms with Gasteiger partial charge in [0, 0.05) is 12.2 Å². The van der Waals surface area contributed by atoms with Crippen LogP contribution in [0.25, 0.3) is 0 Å². The Kier molecular flexibility index (Phi) is 5.73. The fraction of sp³-hybridized carbons (Fsp3) is 0.273. The molecule has 3 N–H and O–H groups in total. The molecule has 0 saturated carbocycles. The molecule has 1 amide bonds. The number of hydrogen-bond acceptors (Lipinski definition) is 5. The van der Waals surface area contributed by atoms with E-state index in [4.69, 9.17) is 15.2 Å². The lowest BCUT2D eigenvalue weighted by atomic mass is 10.2. The topological polar surface area (TPSA) is 90.6 Å². The van der Waals surface area contributed by atoms with Crippen molar-refractivity contribution in [2.75, 3.05) is 18.5 Å². The van der Waals surface area contributed by atoms with E-state index in [2.05, 4.69) is 5.32 Å². The maximum absolute atomic E-state index is 11.2. The molecule has 6 nitrogen and oxygen atoms in total. The minimum Gasteiger partial charge on any atom is -0.469 e. The number of hydrogen-bond donors (Lipinski definition) is 2. The molecular weight excluding hydrogens is 235 g/mol. The van der Waals surface area contributed by atoms with Gasteiger partial charge < -0.3 is 15.2 Å². The molecule has 0 aliphatic rings. The van der Waals surface area contributed by atoms with Crippen LogP contribution >= 0.6 is 0 Å². The first kappa shape index (κ1) is 14.0. The molecule has 1 rings (SSSR count). The number of carbonyl (C=O) groups excluding carboxylic acids is 2. The Balaban J connectivity index is 2.44. The van der Waals surface area contributed by atoms with Gasteiger partial charge in [-0.1, -0.05) is 12.1 Å². The van der Waals surface area contributed by atoms with Crippen LogP contribution in [0.2, 0.25) is 0 Å². The lowest BCUT2D eigenvalue weighted by Crippen LogP contribution is -2.18. The van der Waals surface area contributed by atoms with E-state index in [-0.39, 0.29) is 25.6 Å². The quantitative estimate of drug-likeness (QED) is 0.741. The molecule has 0 atom stereocenters. The van der Waals surface area contributed by atoms with Gasteiger partial charge >= 0.3 is 6.09 Å². The number of benzene rings is 1. The van der Waals surface area contributed by atoms with E-state index >= 15 is 0 Å². The fourth-order valence-corrected chi connectivity index (χ4v) is 1.17. The second kappa shape index (κ2) is 7.34. The summed E-state index contributed by atoms with van der Waals surface area (Å²) in [5.41, 5.74) is 6.64. The number of rotatable bonds is 5. The summed E-state index contributed by atoms with van der Waals surface area (Å²) in [5, 5.41) is 2.54. The first-order valence-electron chi connectivity index (χ1n) is 5.48. The molecule has 0 aromatic heterocycles. The highest BCUT2D eigenvalue weighted by molar-refractivity contribution is 6.55. The largest absolute Gasteiger partial charge is 0.469 e. The SMILES string of the molecule is BC(=O)OCc1ccc(NC(=O)OCCN)cc1. The van der Waals surface area contributed by atoms with Crippen LogP contribution in [-0.2, 0) is 16.1 Å². The lowest BCUT2D eigenvalue weighted by Gasteiger charge is -2.07. The van der Waals surface area contributed by atoms with Gasteiger partial charge in [0.1, 0.15) is 13.2 Å². The summed E-state index contributed by atoms with van der Waals surface area (Å²) < 4.78 is 9.60. The monoisotopic (exact) mass is 250 g/mol. The summed E-state index contributed by atoms with van der Waals surface area (Å²) in [6, 6.07) is 6.90. The van der Waals surface area contributed by atoms with Crippen molar-refractivity contribution in [3.63, 3.8) is 0 Å². The molecule has 0 radical (unpaired) electrons.